The van der Waals surface area contributed by atoms with Gasteiger partial charge < -0.3 is 9.64 Å². The third kappa shape index (κ3) is 3.72. The van der Waals surface area contributed by atoms with Gasteiger partial charge in [0.05, 0.1) is 0 Å². The van der Waals surface area contributed by atoms with Crippen LogP contribution in [0, 0.1) is 6.92 Å². The number of carbonyl (C=O) groups is 1. The molecule has 0 fully saturated rings. The second-order valence-electron chi connectivity index (χ2n) is 3.92. The van der Waals surface area contributed by atoms with Crippen LogP contribution < -0.4 is 4.74 Å². The largest absolute Gasteiger partial charge is 0.427 e. The minimum absolute atomic E-state index is 0.283. The van der Waals surface area contributed by atoms with Gasteiger partial charge in [-0.05, 0) is 44.3 Å². The maximum absolute atomic E-state index is 10.8. The standard InChI is InChI=1S/C12H17NO2/c1-9-5-6-12(15-10(2)14)7-11(9)8-13(3)4/h5-7H,8H2,1-4H3. The minimum atomic E-state index is -0.283. The molecule has 0 spiro atoms. The molecule has 0 heterocycles. The summed E-state index contributed by atoms with van der Waals surface area (Å²) < 4.78 is 5.03. The van der Waals surface area contributed by atoms with E-state index >= 15 is 0 Å². The number of benzene rings is 1. The number of ether oxygens (including phenoxy) is 1. The highest BCUT2D eigenvalue weighted by molar-refractivity contribution is 5.69. The fraction of sp³-hybridized carbons (Fsp3) is 0.417. The lowest BCUT2D eigenvalue weighted by atomic mass is 10.1. The van der Waals surface area contributed by atoms with Gasteiger partial charge in [0.1, 0.15) is 5.75 Å². The Morgan fingerprint density at radius 2 is 2.07 bits per heavy atom. The number of hydrogen-bond donors (Lipinski definition) is 0. The Morgan fingerprint density at radius 3 is 2.60 bits per heavy atom. The second-order valence-corrected chi connectivity index (χ2v) is 3.92. The molecule has 0 amide bonds. The molecule has 0 saturated heterocycles. The van der Waals surface area contributed by atoms with Crippen molar-refractivity contribution < 1.29 is 9.53 Å². The van der Waals surface area contributed by atoms with Crippen molar-refractivity contribution in [1.82, 2.24) is 4.90 Å². The summed E-state index contributed by atoms with van der Waals surface area (Å²) in [5, 5.41) is 0. The highest BCUT2D eigenvalue weighted by Gasteiger charge is 2.04. The van der Waals surface area contributed by atoms with Crippen molar-refractivity contribution in [3.8, 4) is 5.75 Å². The van der Waals surface area contributed by atoms with E-state index < -0.39 is 0 Å². The van der Waals surface area contributed by atoms with E-state index in [1.165, 1.54) is 18.1 Å². The predicted molar refractivity (Wildman–Crippen MR) is 59.9 cm³/mol. The molecular formula is C12H17NO2. The lowest BCUT2D eigenvalue weighted by Gasteiger charge is -2.13. The first-order valence-corrected chi connectivity index (χ1v) is 4.91. The Balaban J connectivity index is 2.89. The van der Waals surface area contributed by atoms with Crippen LogP contribution in [0.15, 0.2) is 18.2 Å². The lowest BCUT2D eigenvalue weighted by molar-refractivity contribution is -0.131. The Kier molecular flexibility index (Phi) is 3.86. The van der Waals surface area contributed by atoms with E-state index in [0.717, 1.165) is 6.54 Å². The van der Waals surface area contributed by atoms with Crippen molar-refractivity contribution in [1.29, 1.82) is 0 Å². The van der Waals surface area contributed by atoms with Crippen LogP contribution in [-0.2, 0) is 11.3 Å². The molecule has 0 aliphatic rings. The molecule has 0 unspecified atom stereocenters. The fourth-order valence-electron chi connectivity index (χ4n) is 1.39. The first-order valence-electron chi connectivity index (χ1n) is 4.91. The summed E-state index contributed by atoms with van der Waals surface area (Å²) in [7, 11) is 4.02. The summed E-state index contributed by atoms with van der Waals surface area (Å²) >= 11 is 0. The lowest BCUT2D eigenvalue weighted by Crippen LogP contribution is -2.12. The molecule has 1 aromatic carbocycles. The predicted octanol–water partition coefficient (Wildman–Crippen LogP) is 1.98. The van der Waals surface area contributed by atoms with Crippen molar-refractivity contribution in [3.63, 3.8) is 0 Å². The van der Waals surface area contributed by atoms with E-state index in [2.05, 4.69) is 11.8 Å². The molecule has 0 atom stereocenters. The average molecular weight is 207 g/mol. The summed E-state index contributed by atoms with van der Waals surface area (Å²) in [5.74, 6) is 0.333. The summed E-state index contributed by atoms with van der Waals surface area (Å²) in [6.07, 6.45) is 0. The molecule has 15 heavy (non-hydrogen) atoms. The molecule has 82 valence electrons. The van der Waals surface area contributed by atoms with E-state index in [1.54, 1.807) is 0 Å². The molecule has 3 heteroatoms. The van der Waals surface area contributed by atoms with E-state index in [0.29, 0.717) is 5.75 Å². The molecule has 0 aromatic heterocycles. The number of nitrogens with zero attached hydrogens (tertiary/aromatic N) is 1. The SMILES string of the molecule is CC(=O)Oc1ccc(C)c(CN(C)C)c1. The summed E-state index contributed by atoms with van der Waals surface area (Å²) in [6.45, 7) is 4.31. The van der Waals surface area contributed by atoms with Gasteiger partial charge in [0, 0.05) is 13.5 Å². The van der Waals surface area contributed by atoms with E-state index in [9.17, 15) is 4.79 Å². The van der Waals surface area contributed by atoms with Crippen molar-refractivity contribution in [2.75, 3.05) is 14.1 Å². The van der Waals surface area contributed by atoms with E-state index in [4.69, 9.17) is 4.74 Å². The van der Waals surface area contributed by atoms with Gasteiger partial charge in [0.2, 0.25) is 0 Å². The number of carbonyl (C=O) groups excluding carboxylic acids is 1. The van der Waals surface area contributed by atoms with Crippen LogP contribution >= 0.6 is 0 Å². The topological polar surface area (TPSA) is 29.5 Å². The molecule has 0 saturated carbocycles. The second kappa shape index (κ2) is 4.94. The molecular weight excluding hydrogens is 190 g/mol. The van der Waals surface area contributed by atoms with Crippen LogP contribution in [0.3, 0.4) is 0 Å². The number of rotatable bonds is 3. The van der Waals surface area contributed by atoms with Crippen molar-refractivity contribution >= 4 is 5.97 Å². The summed E-state index contributed by atoms with van der Waals surface area (Å²) in [5.41, 5.74) is 2.39. The molecule has 0 radical (unpaired) electrons. The number of esters is 1. The highest BCUT2D eigenvalue weighted by atomic mass is 16.5. The molecule has 1 aromatic rings. The zero-order valence-electron chi connectivity index (χ0n) is 9.70. The monoisotopic (exact) mass is 207 g/mol. The molecule has 3 nitrogen and oxygen atoms in total. The third-order valence-electron chi connectivity index (χ3n) is 2.07. The van der Waals surface area contributed by atoms with Crippen molar-refractivity contribution in [2.45, 2.75) is 20.4 Å². The molecule has 0 N–H and O–H groups in total. The Bertz CT molecular complexity index is 359. The first-order chi connectivity index (χ1) is 6.99. The van der Waals surface area contributed by atoms with Gasteiger partial charge in [-0.3, -0.25) is 4.79 Å². The van der Waals surface area contributed by atoms with Gasteiger partial charge in [0.25, 0.3) is 0 Å². The molecule has 1 rings (SSSR count). The Morgan fingerprint density at radius 1 is 1.40 bits per heavy atom. The quantitative estimate of drug-likeness (QED) is 0.560. The molecule has 0 bridgehead atoms. The average Bonchev–Trinajstić information content (AvgIpc) is 2.09. The van der Waals surface area contributed by atoms with Gasteiger partial charge in [-0.25, -0.2) is 0 Å². The van der Waals surface area contributed by atoms with Crippen molar-refractivity contribution in [3.05, 3.63) is 29.3 Å². The zero-order valence-corrected chi connectivity index (χ0v) is 9.70. The molecule has 0 aliphatic heterocycles. The van der Waals surface area contributed by atoms with Gasteiger partial charge in [-0.2, -0.15) is 0 Å². The van der Waals surface area contributed by atoms with Gasteiger partial charge in [-0.15, -0.1) is 0 Å². The van der Waals surface area contributed by atoms with Gasteiger partial charge in [-0.1, -0.05) is 6.07 Å². The smallest absolute Gasteiger partial charge is 0.308 e. The van der Waals surface area contributed by atoms with E-state index in [1.807, 2.05) is 32.3 Å². The maximum Gasteiger partial charge on any atom is 0.308 e. The maximum atomic E-state index is 10.8. The number of hydrogen-bond acceptors (Lipinski definition) is 3. The van der Waals surface area contributed by atoms with Gasteiger partial charge >= 0.3 is 5.97 Å². The van der Waals surface area contributed by atoms with Crippen LogP contribution in [0.25, 0.3) is 0 Å². The van der Waals surface area contributed by atoms with Gasteiger partial charge in [0.15, 0.2) is 0 Å². The Labute approximate surface area is 90.7 Å². The van der Waals surface area contributed by atoms with Crippen LogP contribution in [0.2, 0.25) is 0 Å². The third-order valence-corrected chi connectivity index (χ3v) is 2.07. The summed E-state index contributed by atoms with van der Waals surface area (Å²) in [6, 6.07) is 5.70. The van der Waals surface area contributed by atoms with E-state index in [-0.39, 0.29) is 5.97 Å². The van der Waals surface area contributed by atoms with Crippen LogP contribution in [0.4, 0.5) is 0 Å². The normalized spacial score (nSPS) is 10.5. The molecule has 0 aliphatic carbocycles. The van der Waals surface area contributed by atoms with Crippen LogP contribution in [0.5, 0.6) is 5.75 Å². The van der Waals surface area contributed by atoms with Crippen LogP contribution in [0.1, 0.15) is 18.1 Å². The van der Waals surface area contributed by atoms with Crippen molar-refractivity contribution in [2.24, 2.45) is 0 Å². The fourth-order valence-corrected chi connectivity index (χ4v) is 1.39. The Hall–Kier alpha value is -1.35. The number of aryl methyl sites for hydroxylation is 1. The minimum Gasteiger partial charge on any atom is -0.427 e. The first kappa shape index (κ1) is 11.7. The van der Waals surface area contributed by atoms with Crippen LogP contribution in [-0.4, -0.2) is 25.0 Å². The highest BCUT2D eigenvalue weighted by Crippen LogP contribution is 2.18. The zero-order chi connectivity index (χ0) is 11.4. The summed E-state index contributed by atoms with van der Waals surface area (Å²) in [4.78, 5) is 12.9.